The molecule has 1 heterocycles. The van der Waals surface area contributed by atoms with E-state index in [1.165, 1.54) is 12.1 Å². The van der Waals surface area contributed by atoms with E-state index in [0.29, 0.717) is 4.90 Å². The highest BCUT2D eigenvalue weighted by atomic mass is 32.1. The van der Waals surface area contributed by atoms with Crippen LogP contribution in [0.2, 0.25) is 0 Å². The molecule has 0 N–H and O–H groups in total. The van der Waals surface area contributed by atoms with Gasteiger partial charge >= 0.3 is 0 Å². The summed E-state index contributed by atoms with van der Waals surface area (Å²) in [7, 11) is 0. The number of benzene rings is 1. The Morgan fingerprint density at radius 2 is 2.28 bits per heavy atom. The van der Waals surface area contributed by atoms with E-state index < -0.39 is 5.82 Å². The molecule has 1 saturated heterocycles. The van der Waals surface area contributed by atoms with Crippen LogP contribution in [0, 0.1) is 5.82 Å². The molecule has 1 amide bonds. The summed E-state index contributed by atoms with van der Waals surface area (Å²) < 4.78 is 13.7. The first-order valence-corrected chi connectivity index (χ1v) is 6.87. The van der Waals surface area contributed by atoms with E-state index >= 15 is 0 Å². The molecule has 2 rings (SSSR count). The summed E-state index contributed by atoms with van der Waals surface area (Å²) in [5.41, 5.74) is 0.142. The van der Waals surface area contributed by atoms with Crippen LogP contribution in [0.5, 0.6) is 0 Å². The minimum atomic E-state index is -0.460. The van der Waals surface area contributed by atoms with E-state index in [1.54, 1.807) is 6.07 Å². The average Bonchev–Trinajstić information content (AvgIpc) is 2.40. The zero-order chi connectivity index (χ0) is 13.1. The van der Waals surface area contributed by atoms with Gasteiger partial charge in [-0.05, 0) is 43.9 Å². The Morgan fingerprint density at radius 1 is 1.50 bits per heavy atom. The highest BCUT2D eigenvalue weighted by Gasteiger charge is 2.27. The third kappa shape index (κ3) is 2.69. The Balaban J connectivity index is 2.26. The first-order valence-electron chi connectivity index (χ1n) is 6.43. The van der Waals surface area contributed by atoms with Crippen LogP contribution in [0.4, 0.5) is 4.39 Å². The number of nitrogens with zero attached hydrogens (tertiary/aromatic N) is 1. The molecule has 1 aromatic rings. The minimum Gasteiger partial charge on any atom is -0.336 e. The van der Waals surface area contributed by atoms with Gasteiger partial charge in [-0.25, -0.2) is 4.39 Å². The van der Waals surface area contributed by atoms with Crippen molar-refractivity contribution < 1.29 is 9.18 Å². The van der Waals surface area contributed by atoms with Gasteiger partial charge in [-0.1, -0.05) is 6.92 Å². The number of halogens is 1. The fourth-order valence-electron chi connectivity index (χ4n) is 2.52. The van der Waals surface area contributed by atoms with Crippen molar-refractivity contribution in [1.29, 1.82) is 0 Å². The first kappa shape index (κ1) is 13.4. The molecule has 1 atom stereocenters. The average molecular weight is 267 g/mol. The largest absolute Gasteiger partial charge is 0.336 e. The maximum Gasteiger partial charge on any atom is 0.257 e. The molecule has 18 heavy (non-hydrogen) atoms. The first-order chi connectivity index (χ1) is 8.63. The molecule has 1 aliphatic heterocycles. The van der Waals surface area contributed by atoms with E-state index in [1.807, 2.05) is 4.90 Å². The molecule has 4 heteroatoms. The van der Waals surface area contributed by atoms with Crippen molar-refractivity contribution in [3.63, 3.8) is 0 Å². The van der Waals surface area contributed by atoms with Crippen molar-refractivity contribution in [2.75, 3.05) is 6.54 Å². The number of likely N-dealkylation sites (tertiary alicyclic amines) is 1. The second-order valence-corrected chi connectivity index (χ2v) is 5.24. The Morgan fingerprint density at radius 3 is 3.00 bits per heavy atom. The van der Waals surface area contributed by atoms with Gasteiger partial charge in [0.05, 0.1) is 5.56 Å². The summed E-state index contributed by atoms with van der Waals surface area (Å²) in [6.07, 6.45) is 4.10. The number of piperidine rings is 1. The van der Waals surface area contributed by atoms with E-state index in [-0.39, 0.29) is 17.5 Å². The highest BCUT2D eigenvalue weighted by Crippen LogP contribution is 2.23. The monoisotopic (exact) mass is 267 g/mol. The molecule has 0 spiro atoms. The molecular formula is C14H18FNOS. The molecule has 1 aromatic carbocycles. The van der Waals surface area contributed by atoms with Crippen LogP contribution in [-0.2, 0) is 0 Å². The summed E-state index contributed by atoms with van der Waals surface area (Å²) >= 11 is 4.17. The molecule has 0 saturated carbocycles. The topological polar surface area (TPSA) is 20.3 Å². The molecule has 1 unspecified atom stereocenters. The lowest BCUT2D eigenvalue weighted by molar-refractivity contribution is 0.0603. The molecule has 2 nitrogen and oxygen atoms in total. The third-order valence-electron chi connectivity index (χ3n) is 3.54. The summed E-state index contributed by atoms with van der Waals surface area (Å²) in [4.78, 5) is 14.8. The zero-order valence-corrected chi connectivity index (χ0v) is 11.4. The van der Waals surface area contributed by atoms with Crippen molar-refractivity contribution in [1.82, 2.24) is 4.90 Å². The van der Waals surface area contributed by atoms with Gasteiger partial charge in [0.2, 0.25) is 0 Å². The second-order valence-electron chi connectivity index (χ2n) is 4.72. The van der Waals surface area contributed by atoms with Crippen LogP contribution >= 0.6 is 12.6 Å². The molecular weight excluding hydrogens is 249 g/mol. The van der Waals surface area contributed by atoms with Crippen LogP contribution in [0.1, 0.15) is 43.0 Å². The van der Waals surface area contributed by atoms with Crippen LogP contribution in [0.15, 0.2) is 23.1 Å². The van der Waals surface area contributed by atoms with Crippen molar-refractivity contribution >= 4 is 18.5 Å². The number of carbonyl (C=O) groups excluding carboxylic acids is 1. The summed E-state index contributed by atoms with van der Waals surface area (Å²) in [5, 5.41) is 0. The van der Waals surface area contributed by atoms with Crippen LogP contribution in [-0.4, -0.2) is 23.4 Å². The molecule has 0 radical (unpaired) electrons. The Kier molecular flexibility index (Phi) is 4.27. The van der Waals surface area contributed by atoms with E-state index in [2.05, 4.69) is 19.6 Å². The van der Waals surface area contributed by atoms with Gasteiger partial charge in [-0.3, -0.25) is 4.79 Å². The van der Waals surface area contributed by atoms with E-state index in [4.69, 9.17) is 0 Å². The predicted octanol–water partition coefficient (Wildman–Crippen LogP) is 3.52. The number of hydrogen-bond acceptors (Lipinski definition) is 2. The Hall–Kier alpha value is -1.03. The SMILES string of the molecule is CCC1CCCCN1C(=O)c1cc(S)ccc1F. The molecule has 0 bridgehead atoms. The molecule has 1 fully saturated rings. The zero-order valence-electron chi connectivity index (χ0n) is 10.5. The van der Waals surface area contributed by atoms with Gasteiger partial charge in [0.25, 0.3) is 5.91 Å². The minimum absolute atomic E-state index is 0.142. The number of amides is 1. The van der Waals surface area contributed by atoms with Gasteiger partial charge in [-0.15, -0.1) is 12.6 Å². The Bertz CT molecular complexity index is 449. The van der Waals surface area contributed by atoms with Crippen molar-refractivity contribution in [2.24, 2.45) is 0 Å². The maximum absolute atomic E-state index is 13.7. The van der Waals surface area contributed by atoms with E-state index in [0.717, 1.165) is 32.2 Å². The lowest BCUT2D eigenvalue weighted by Crippen LogP contribution is -2.43. The summed E-state index contributed by atoms with van der Waals surface area (Å²) in [6.45, 7) is 2.80. The van der Waals surface area contributed by atoms with Gasteiger partial charge < -0.3 is 4.90 Å². The standard InChI is InChI=1S/C14H18FNOS/c1-2-10-5-3-4-8-16(10)14(17)12-9-11(18)6-7-13(12)15/h6-7,9-10,18H,2-5,8H2,1H3. The molecule has 0 aliphatic carbocycles. The van der Waals surface area contributed by atoms with Crippen molar-refractivity contribution in [3.8, 4) is 0 Å². The summed E-state index contributed by atoms with van der Waals surface area (Å²) in [6, 6.07) is 4.62. The van der Waals surface area contributed by atoms with Gasteiger partial charge in [-0.2, -0.15) is 0 Å². The van der Waals surface area contributed by atoms with Crippen molar-refractivity contribution in [2.45, 2.75) is 43.5 Å². The second kappa shape index (κ2) is 5.74. The smallest absolute Gasteiger partial charge is 0.257 e. The van der Waals surface area contributed by atoms with Gasteiger partial charge in [0.15, 0.2) is 0 Å². The predicted molar refractivity (Wildman–Crippen MR) is 72.6 cm³/mol. The fourth-order valence-corrected chi connectivity index (χ4v) is 2.73. The van der Waals surface area contributed by atoms with Crippen LogP contribution in [0.25, 0.3) is 0 Å². The van der Waals surface area contributed by atoms with Gasteiger partial charge in [0.1, 0.15) is 5.82 Å². The lowest BCUT2D eigenvalue weighted by Gasteiger charge is -2.35. The summed E-state index contributed by atoms with van der Waals surface area (Å²) in [5.74, 6) is -0.659. The lowest BCUT2D eigenvalue weighted by atomic mass is 9.99. The fraction of sp³-hybridized carbons (Fsp3) is 0.500. The normalized spacial score (nSPS) is 19.9. The van der Waals surface area contributed by atoms with Crippen LogP contribution < -0.4 is 0 Å². The number of rotatable bonds is 2. The Labute approximate surface area is 113 Å². The quantitative estimate of drug-likeness (QED) is 0.813. The molecule has 98 valence electrons. The third-order valence-corrected chi connectivity index (χ3v) is 3.82. The van der Waals surface area contributed by atoms with Crippen LogP contribution in [0.3, 0.4) is 0 Å². The van der Waals surface area contributed by atoms with Gasteiger partial charge in [0, 0.05) is 17.5 Å². The molecule has 0 aromatic heterocycles. The highest BCUT2D eigenvalue weighted by molar-refractivity contribution is 7.80. The maximum atomic E-state index is 13.7. The van der Waals surface area contributed by atoms with Crippen molar-refractivity contribution in [3.05, 3.63) is 29.6 Å². The van der Waals surface area contributed by atoms with E-state index in [9.17, 15) is 9.18 Å². The molecule has 1 aliphatic rings. The number of carbonyl (C=O) groups is 1. The number of hydrogen-bond donors (Lipinski definition) is 1. The number of thiol groups is 1.